The Bertz CT molecular complexity index is 867. The van der Waals surface area contributed by atoms with Crippen molar-refractivity contribution in [1.82, 2.24) is 0 Å². The van der Waals surface area contributed by atoms with Gasteiger partial charge in [-0.05, 0) is 48.2 Å². The number of fused-ring (bicyclic) bond motifs is 1. The van der Waals surface area contributed by atoms with Crippen molar-refractivity contribution in [2.24, 2.45) is 0 Å². The molecule has 0 aliphatic heterocycles. The van der Waals surface area contributed by atoms with Gasteiger partial charge in [-0.15, -0.1) is 0 Å². The van der Waals surface area contributed by atoms with Crippen molar-refractivity contribution in [1.29, 1.82) is 0 Å². The molecule has 0 amide bonds. The Morgan fingerprint density at radius 2 is 2.00 bits per heavy atom. The van der Waals surface area contributed by atoms with Crippen molar-refractivity contribution in [2.45, 2.75) is 25.6 Å². The number of carbonyl (C=O) groups excluding carboxylic acids is 1. The first-order valence-corrected chi connectivity index (χ1v) is 7.25. The Hall–Kier alpha value is -2.07. The van der Waals surface area contributed by atoms with Crippen LogP contribution in [0.2, 0.25) is 0 Å². The summed E-state index contributed by atoms with van der Waals surface area (Å²) in [5.41, 5.74) is -0.00705. The van der Waals surface area contributed by atoms with E-state index in [2.05, 4.69) is 4.74 Å². The van der Waals surface area contributed by atoms with Gasteiger partial charge < -0.3 is 14.2 Å². The van der Waals surface area contributed by atoms with E-state index in [0.717, 1.165) is 5.39 Å². The largest absolute Gasteiger partial charge is 0.497 e. The van der Waals surface area contributed by atoms with Crippen LogP contribution >= 0.6 is 0 Å². The lowest BCUT2D eigenvalue weighted by Crippen LogP contribution is -2.14. The highest BCUT2D eigenvalue weighted by Gasteiger charge is 2.17. The lowest BCUT2D eigenvalue weighted by atomic mass is 9.98. The summed E-state index contributed by atoms with van der Waals surface area (Å²) in [6, 6.07) is 9.72. The van der Waals surface area contributed by atoms with Crippen molar-refractivity contribution >= 4 is 16.7 Å². The molecule has 0 saturated carbocycles. The fraction of sp³-hybridized carbons (Fsp3) is 0.421. The first kappa shape index (κ1) is 10.7. The number of hydrogen-bond acceptors (Lipinski definition) is 4. The molecule has 4 heteroatoms. The van der Waals surface area contributed by atoms with Crippen LogP contribution in [0.15, 0.2) is 36.4 Å². The zero-order valence-electron chi connectivity index (χ0n) is 19.2. The third-order valence-electron chi connectivity index (χ3n) is 3.34. The second-order valence-corrected chi connectivity index (χ2v) is 4.89. The van der Waals surface area contributed by atoms with E-state index in [1.165, 1.54) is 26.4 Å². The third kappa shape index (κ3) is 4.70. The number of esters is 1. The predicted molar refractivity (Wildman–Crippen MR) is 91.0 cm³/mol. The van der Waals surface area contributed by atoms with E-state index in [-0.39, 0.29) is 25.0 Å². The van der Waals surface area contributed by atoms with Crippen LogP contribution in [0, 0.1) is 0 Å². The normalized spacial score (nSPS) is 18.5. The van der Waals surface area contributed by atoms with Crippen LogP contribution in [0.4, 0.5) is 0 Å². The van der Waals surface area contributed by atoms with Gasteiger partial charge in [-0.25, -0.2) is 0 Å². The third-order valence-corrected chi connectivity index (χ3v) is 3.34. The molecule has 0 spiro atoms. The summed E-state index contributed by atoms with van der Waals surface area (Å²) >= 11 is 0. The minimum absolute atomic E-state index is 0.00705. The Morgan fingerprint density at radius 1 is 1.22 bits per heavy atom. The molecule has 4 nitrogen and oxygen atoms in total. The van der Waals surface area contributed by atoms with Crippen LogP contribution in [0.3, 0.4) is 0 Å². The molecule has 0 bridgehead atoms. The molecule has 0 fully saturated rings. The zero-order valence-corrected chi connectivity index (χ0v) is 13.2. The number of methoxy groups -OCH3 is 2. The SMILES string of the molecule is [2H]C([2H])(CCCOC(=O)[C@]([2H])(c1ccc2cc(OC)ccc2c1)C([2H])([2H])[2H])OC. The van der Waals surface area contributed by atoms with Gasteiger partial charge in [-0.2, -0.15) is 0 Å². The topological polar surface area (TPSA) is 44.8 Å². The van der Waals surface area contributed by atoms with Crippen LogP contribution in [0.1, 0.15) is 39.4 Å². The number of hydrogen-bond donors (Lipinski definition) is 0. The van der Waals surface area contributed by atoms with E-state index in [1.807, 2.05) is 0 Å². The van der Waals surface area contributed by atoms with Crippen LogP contribution in [0.25, 0.3) is 10.8 Å². The first-order valence-electron chi connectivity index (χ1n) is 10.3. The highest BCUT2D eigenvalue weighted by Crippen LogP contribution is 2.25. The van der Waals surface area contributed by atoms with E-state index in [0.29, 0.717) is 11.1 Å². The second kappa shape index (κ2) is 8.53. The molecule has 0 aliphatic carbocycles. The Labute approximate surface area is 145 Å². The van der Waals surface area contributed by atoms with Gasteiger partial charge in [0.05, 0.1) is 22.4 Å². The zero-order chi connectivity index (χ0) is 21.9. The molecule has 0 radical (unpaired) electrons. The number of rotatable bonds is 8. The highest BCUT2D eigenvalue weighted by atomic mass is 16.5. The van der Waals surface area contributed by atoms with Crippen LogP contribution in [-0.4, -0.2) is 33.4 Å². The van der Waals surface area contributed by atoms with Crippen molar-refractivity contribution < 1.29 is 27.2 Å². The van der Waals surface area contributed by atoms with E-state index in [4.69, 9.17) is 17.7 Å². The average molecular weight is 322 g/mol. The second-order valence-electron chi connectivity index (χ2n) is 4.89. The summed E-state index contributed by atoms with van der Waals surface area (Å²) in [7, 11) is 2.76. The van der Waals surface area contributed by atoms with Crippen molar-refractivity contribution in [3.8, 4) is 5.75 Å². The first-order chi connectivity index (χ1) is 13.4. The summed E-state index contributed by atoms with van der Waals surface area (Å²) in [4.78, 5) is 12.6. The molecule has 0 saturated heterocycles. The summed E-state index contributed by atoms with van der Waals surface area (Å²) in [6.07, 6.45) is 0.0918. The summed E-state index contributed by atoms with van der Waals surface area (Å²) in [5, 5.41) is 1.43. The molecule has 23 heavy (non-hydrogen) atoms. The molecule has 1 atom stereocenters. The summed E-state index contributed by atoms with van der Waals surface area (Å²) in [5.74, 6) is -3.18. The maximum atomic E-state index is 12.6. The molecule has 0 heterocycles. The van der Waals surface area contributed by atoms with Crippen LogP contribution in [0.5, 0.6) is 5.75 Å². The molecule has 0 N–H and O–H groups in total. The van der Waals surface area contributed by atoms with Crippen LogP contribution < -0.4 is 4.74 Å². The Balaban J connectivity index is 2.27. The fourth-order valence-electron chi connectivity index (χ4n) is 2.11. The lowest BCUT2D eigenvalue weighted by Gasteiger charge is -2.13. The summed E-state index contributed by atoms with van der Waals surface area (Å²) < 4.78 is 61.7. The Kier molecular flexibility index (Phi) is 3.95. The van der Waals surface area contributed by atoms with E-state index in [9.17, 15) is 4.79 Å². The van der Waals surface area contributed by atoms with Gasteiger partial charge in [0, 0.05) is 19.2 Å². The smallest absolute Gasteiger partial charge is 0.313 e. The van der Waals surface area contributed by atoms with Gasteiger partial charge in [0.2, 0.25) is 0 Å². The van der Waals surface area contributed by atoms with E-state index >= 15 is 0 Å². The molecular formula is C19H24O4. The molecule has 0 unspecified atom stereocenters. The molecule has 2 aromatic carbocycles. The summed E-state index contributed by atoms with van der Waals surface area (Å²) in [6.45, 7) is -5.05. The predicted octanol–water partition coefficient (Wildman–Crippen LogP) is 3.92. The lowest BCUT2D eigenvalue weighted by molar-refractivity contribution is -0.145. The van der Waals surface area contributed by atoms with Gasteiger partial charge in [-0.3, -0.25) is 4.79 Å². The van der Waals surface area contributed by atoms with Crippen LogP contribution in [-0.2, 0) is 14.3 Å². The standard InChI is InChI=1S/C19H24O4/c1-14(19(20)23-11-5-4-10-21-2)15-6-7-17-13-18(22-3)9-8-16(17)12-15/h6-9,12-14H,4-5,10-11H2,1-3H3/t14-/m0/s1/i1D3,10D2,14D. The van der Waals surface area contributed by atoms with Gasteiger partial charge >= 0.3 is 5.97 Å². The molecule has 0 aromatic heterocycles. The number of carbonyl (C=O) groups is 1. The van der Waals surface area contributed by atoms with E-state index in [1.54, 1.807) is 24.3 Å². The highest BCUT2D eigenvalue weighted by molar-refractivity contribution is 5.86. The number of ether oxygens (including phenoxy) is 3. The average Bonchev–Trinajstić information content (AvgIpc) is 2.68. The van der Waals surface area contributed by atoms with Crippen molar-refractivity contribution in [3.63, 3.8) is 0 Å². The number of benzene rings is 2. The van der Waals surface area contributed by atoms with Gasteiger partial charge in [0.25, 0.3) is 0 Å². The minimum atomic E-state index is -2.97. The molecule has 124 valence electrons. The fourth-order valence-corrected chi connectivity index (χ4v) is 2.11. The van der Waals surface area contributed by atoms with Gasteiger partial charge in [-0.1, -0.05) is 24.3 Å². The maximum Gasteiger partial charge on any atom is 0.313 e. The van der Waals surface area contributed by atoms with Crippen molar-refractivity contribution in [2.75, 3.05) is 27.4 Å². The molecule has 2 rings (SSSR count). The van der Waals surface area contributed by atoms with Gasteiger partial charge in [0.15, 0.2) is 0 Å². The quantitative estimate of drug-likeness (QED) is 0.546. The monoisotopic (exact) mass is 322 g/mol. The minimum Gasteiger partial charge on any atom is -0.497 e. The Morgan fingerprint density at radius 3 is 2.74 bits per heavy atom. The molecule has 0 aliphatic rings. The maximum absolute atomic E-state index is 12.6. The van der Waals surface area contributed by atoms with E-state index < -0.39 is 25.3 Å². The van der Waals surface area contributed by atoms with Crippen molar-refractivity contribution in [3.05, 3.63) is 42.0 Å². The van der Waals surface area contributed by atoms with Gasteiger partial charge in [0.1, 0.15) is 5.75 Å². The molecular weight excluding hydrogens is 292 g/mol. The molecule has 2 aromatic rings.